The van der Waals surface area contributed by atoms with E-state index < -0.39 is 34.8 Å². The molecule has 2 amide bonds. The maximum absolute atomic E-state index is 13.1. The fourth-order valence-electron chi connectivity index (χ4n) is 5.02. The van der Waals surface area contributed by atoms with E-state index in [0.29, 0.717) is 21.1 Å². The monoisotopic (exact) mass is 621 g/mol. The zero-order valence-corrected chi connectivity index (χ0v) is 24.8. The Kier molecular flexibility index (Phi) is 8.98. The molecular formula is C31H29Cl2N5O5. The Bertz CT molecular complexity index is 1770. The van der Waals surface area contributed by atoms with Crippen LogP contribution < -0.4 is 21.0 Å². The van der Waals surface area contributed by atoms with E-state index in [-0.39, 0.29) is 17.6 Å². The highest BCUT2D eigenvalue weighted by molar-refractivity contribution is 6.42. The van der Waals surface area contributed by atoms with Crippen molar-refractivity contribution < 1.29 is 19.5 Å². The summed E-state index contributed by atoms with van der Waals surface area (Å²) in [4.78, 5) is 57.3. The van der Waals surface area contributed by atoms with Gasteiger partial charge in [-0.05, 0) is 74.2 Å². The second-order valence-corrected chi connectivity index (χ2v) is 11.2. The minimum atomic E-state index is -1.38. The van der Waals surface area contributed by atoms with E-state index in [4.69, 9.17) is 23.2 Å². The molecule has 0 saturated carbocycles. The molecule has 3 heterocycles. The van der Waals surface area contributed by atoms with Gasteiger partial charge < -0.3 is 25.2 Å². The number of pyridine rings is 2. The number of hydrogen-bond donors (Lipinski definition) is 3. The number of nitrogens with one attached hydrogen (secondary N) is 2. The lowest BCUT2D eigenvalue weighted by Crippen LogP contribution is -2.41. The highest BCUT2D eigenvalue weighted by Crippen LogP contribution is 2.25. The number of aromatic carboxylic acids is 1. The van der Waals surface area contributed by atoms with Gasteiger partial charge in [0, 0.05) is 43.1 Å². The predicted molar refractivity (Wildman–Crippen MR) is 167 cm³/mol. The van der Waals surface area contributed by atoms with Gasteiger partial charge in [0.05, 0.1) is 21.1 Å². The third-order valence-corrected chi connectivity index (χ3v) is 8.09. The number of anilines is 2. The van der Waals surface area contributed by atoms with Crippen LogP contribution in [0.3, 0.4) is 0 Å². The van der Waals surface area contributed by atoms with E-state index in [1.54, 1.807) is 47.0 Å². The van der Waals surface area contributed by atoms with Crippen molar-refractivity contribution in [2.45, 2.75) is 38.8 Å². The Labute approximate surface area is 257 Å². The normalized spacial score (nSPS) is 13.9. The number of rotatable bonds is 8. The number of nitrogens with zero attached hydrogens (tertiary/aromatic N) is 3. The van der Waals surface area contributed by atoms with Crippen LogP contribution in [0, 0.1) is 0 Å². The number of halogens is 2. The summed E-state index contributed by atoms with van der Waals surface area (Å²) in [7, 11) is 0. The lowest BCUT2D eigenvalue weighted by molar-refractivity contribution is -0.117. The summed E-state index contributed by atoms with van der Waals surface area (Å²) in [6.07, 6.45) is 6.21. The number of amides is 2. The van der Waals surface area contributed by atoms with Gasteiger partial charge in [-0.2, -0.15) is 0 Å². The molecule has 3 N–H and O–H groups in total. The van der Waals surface area contributed by atoms with Gasteiger partial charge in [-0.1, -0.05) is 29.3 Å². The van der Waals surface area contributed by atoms with Crippen LogP contribution >= 0.6 is 23.2 Å². The summed E-state index contributed by atoms with van der Waals surface area (Å²) in [5.74, 6) is -1.52. The molecule has 0 radical (unpaired) electrons. The maximum atomic E-state index is 13.1. The summed E-state index contributed by atoms with van der Waals surface area (Å²) in [6, 6.07) is 12.3. The molecule has 1 fully saturated rings. The van der Waals surface area contributed by atoms with Gasteiger partial charge in [0.1, 0.15) is 17.4 Å². The highest BCUT2D eigenvalue weighted by atomic mass is 35.5. The third kappa shape index (κ3) is 6.81. The zero-order chi connectivity index (χ0) is 30.7. The molecule has 0 aliphatic carbocycles. The molecule has 1 saturated heterocycles. The molecular weight excluding hydrogens is 593 g/mol. The van der Waals surface area contributed by atoms with Crippen molar-refractivity contribution in [3.8, 4) is 0 Å². The van der Waals surface area contributed by atoms with Crippen LogP contribution in [0.2, 0.25) is 10.0 Å². The summed E-state index contributed by atoms with van der Waals surface area (Å²) in [6.45, 7) is 3.63. The van der Waals surface area contributed by atoms with E-state index in [1.165, 1.54) is 31.8 Å². The number of benzene rings is 2. The largest absolute Gasteiger partial charge is 0.477 e. The topological polar surface area (TPSA) is 134 Å². The van der Waals surface area contributed by atoms with Crippen molar-refractivity contribution in [1.82, 2.24) is 14.9 Å². The number of carbonyl (C=O) groups is 3. The summed E-state index contributed by atoms with van der Waals surface area (Å²) >= 11 is 12.2. The van der Waals surface area contributed by atoms with Gasteiger partial charge in [-0.3, -0.25) is 14.4 Å². The molecule has 0 spiro atoms. The van der Waals surface area contributed by atoms with Crippen LogP contribution in [-0.4, -0.2) is 51.6 Å². The van der Waals surface area contributed by atoms with E-state index in [1.807, 2.05) is 0 Å². The number of carboxylic acid groups (broad SMARTS) is 1. The Morgan fingerprint density at radius 2 is 1.77 bits per heavy atom. The molecule has 1 aliphatic rings. The van der Waals surface area contributed by atoms with Crippen molar-refractivity contribution in [1.29, 1.82) is 0 Å². The molecule has 12 heteroatoms. The summed E-state index contributed by atoms with van der Waals surface area (Å²) in [5, 5.41) is 15.9. The molecule has 1 atom stereocenters. The summed E-state index contributed by atoms with van der Waals surface area (Å²) in [5.41, 5.74) is 0.694. The molecule has 222 valence electrons. The second-order valence-electron chi connectivity index (χ2n) is 10.4. The number of hydrogen-bond acceptors (Lipinski definition) is 6. The fourth-order valence-corrected chi connectivity index (χ4v) is 5.34. The Hall–Kier alpha value is -4.41. The van der Waals surface area contributed by atoms with E-state index in [2.05, 4.69) is 20.5 Å². The molecule has 10 nitrogen and oxygen atoms in total. The standard InChI is InChI=1S/C31H29Cl2N5O5/c1-18(35-30(41)20-6-10-27(34-15-20)37-11-3-2-4-12-37)29(40)36-21-7-9-26-22(14-21)28(39)23(31(42)43)17-38(26)16-19-5-8-24(32)25(33)13-19/h5-10,13-15,17-18H,2-4,11-12,16H2,1H3,(H,35,41)(H,36,40)(H,42,43)/t18-/m0/s1. The SMILES string of the molecule is C[C@H](NC(=O)c1ccc(N2CCCCC2)nc1)C(=O)Nc1ccc2c(c1)c(=O)c(C(=O)O)cn2Cc1ccc(Cl)c(Cl)c1. The van der Waals surface area contributed by atoms with Crippen molar-refractivity contribution in [3.05, 3.63) is 97.9 Å². The van der Waals surface area contributed by atoms with Crippen LogP contribution in [0.15, 0.2) is 65.7 Å². The number of fused-ring (bicyclic) bond motifs is 1. The van der Waals surface area contributed by atoms with Crippen LogP contribution in [0.4, 0.5) is 11.5 Å². The van der Waals surface area contributed by atoms with E-state index in [0.717, 1.165) is 37.3 Å². The quantitative estimate of drug-likeness (QED) is 0.246. The maximum Gasteiger partial charge on any atom is 0.341 e. The van der Waals surface area contributed by atoms with Crippen LogP contribution in [0.1, 0.15) is 52.5 Å². The van der Waals surface area contributed by atoms with Gasteiger partial charge in [0.15, 0.2) is 0 Å². The fraction of sp³-hybridized carbons (Fsp3) is 0.258. The molecule has 2 aromatic heterocycles. The lowest BCUT2D eigenvalue weighted by atomic mass is 10.1. The number of piperidine rings is 1. The third-order valence-electron chi connectivity index (χ3n) is 7.35. The molecule has 0 unspecified atom stereocenters. The van der Waals surface area contributed by atoms with E-state index >= 15 is 0 Å². The molecule has 43 heavy (non-hydrogen) atoms. The average Bonchev–Trinajstić information content (AvgIpc) is 3.00. The molecule has 1 aliphatic heterocycles. The molecule has 5 rings (SSSR count). The van der Waals surface area contributed by atoms with Crippen molar-refractivity contribution >= 4 is 63.4 Å². The minimum Gasteiger partial charge on any atom is -0.477 e. The summed E-state index contributed by atoms with van der Waals surface area (Å²) < 4.78 is 1.62. The van der Waals surface area contributed by atoms with Gasteiger partial charge in [0.2, 0.25) is 11.3 Å². The number of carboxylic acids is 1. The van der Waals surface area contributed by atoms with Crippen LogP contribution in [0.5, 0.6) is 0 Å². The first-order valence-corrected chi connectivity index (χ1v) is 14.5. The molecule has 4 aromatic rings. The van der Waals surface area contributed by atoms with Crippen LogP contribution in [0.25, 0.3) is 10.9 Å². The van der Waals surface area contributed by atoms with Crippen molar-refractivity contribution in [3.63, 3.8) is 0 Å². The van der Waals surface area contributed by atoms with Crippen molar-refractivity contribution in [2.24, 2.45) is 0 Å². The zero-order valence-electron chi connectivity index (χ0n) is 23.3. The smallest absolute Gasteiger partial charge is 0.341 e. The average molecular weight is 623 g/mol. The number of carbonyl (C=O) groups excluding carboxylic acids is 2. The predicted octanol–water partition coefficient (Wildman–Crippen LogP) is 5.20. The first-order chi connectivity index (χ1) is 20.6. The Morgan fingerprint density at radius 1 is 1.00 bits per heavy atom. The molecule has 0 bridgehead atoms. The highest BCUT2D eigenvalue weighted by Gasteiger charge is 2.20. The Balaban J connectivity index is 1.32. The second kappa shape index (κ2) is 12.8. The lowest BCUT2D eigenvalue weighted by Gasteiger charge is -2.27. The Morgan fingerprint density at radius 3 is 2.44 bits per heavy atom. The van der Waals surface area contributed by atoms with Crippen LogP contribution in [-0.2, 0) is 11.3 Å². The molecule has 2 aromatic carbocycles. The van der Waals surface area contributed by atoms with Gasteiger partial charge in [-0.15, -0.1) is 0 Å². The first-order valence-electron chi connectivity index (χ1n) is 13.8. The van der Waals surface area contributed by atoms with Crippen molar-refractivity contribution in [2.75, 3.05) is 23.3 Å². The van der Waals surface area contributed by atoms with Gasteiger partial charge in [0.25, 0.3) is 5.91 Å². The minimum absolute atomic E-state index is 0.106. The van der Waals surface area contributed by atoms with Gasteiger partial charge >= 0.3 is 5.97 Å². The van der Waals surface area contributed by atoms with E-state index in [9.17, 15) is 24.3 Å². The first kappa shape index (κ1) is 30.1. The number of aromatic nitrogens is 2. The van der Waals surface area contributed by atoms with Gasteiger partial charge in [-0.25, -0.2) is 9.78 Å².